The first-order chi connectivity index (χ1) is 7.31. The molecule has 0 saturated heterocycles. The number of hydrogen-bond acceptors (Lipinski definition) is 3. The summed E-state index contributed by atoms with van der Waals surface area (Å²) in [5.74, 6) is 0. The Morgan fingerprint density at radius 1 is 1.47 bits per heavy atom. The van der Waals surface area contributed by atoms with E-state index >= 15 is 0 Å². The van der Waals surface area contributed by atoms with E-state index in [0.29, 0.717) is 5.56 Å². The van der Waals surface area contributed by atoms with Crippen LogP contribution in [-0.4, -0.2) is 16.3 Å². The van der Waals surface area contributed by atoms with Crippen LogP contribution in [0.15, 0.2) is 45.1 Å². The zero-order valence-corrected chi connectivity index (χ0v) is 10.0. The van der Waals surface area contributed by atoms with E-state index in [1.165, 1.54) is 11.8 Å². The van der Waals surface area contributed by atoms with Gasteiger partial charge in [-0.1, -0.05) is 33.8 Å². The number of aromatic nitrogens is 2. The molecule has 0 atom stereocenters. The molecule has 0 spiro atoms. The largest absolute Gasteiger partial charge is 0.339 e. The topological polar surface area (TPSA) is 45.8 Å². The van der Waals surface area contributed by atoms with Crippen LogP contribution >= 0.6 is 27.7 Å². The first-order valence-corrected chi connectivity index (χ1v) is 5.83. The minimum Gasteiger partial charge on any atom is -0.339 e. The van der Waals surface area contributed by atoms with Crippen molar-refractivity contribution in [2.24, 2.45) is 0 Å². The van der Waals surface area contributed by atoms with Gasteiger partial charge < -0.3 is 4.98 Å². The maximum absolute atomic E-state index is 10.9. The van der Waals surface area contributed by atoms with E-state index in [-0.39, 0.29) is 0 Å². The number of nitrogens with one attached hydrogen (secondary N) is 1. The van der Waals surface area contributed by atoms with Gasteiger partial charge in [0.1, 0.15) is 0 Å². The van der Waals surface area contributed by atoms with Gasteiger partial charge in [-0.15, -0.1) is 0 Å². The highest BCUT2D eigenvalue weighted by atomic mass is 79.9. The highest BCUT2D eigenvalue weighted by Gasteiger charge is 2.07. The second-order valence-electron chi connectivity index (χ2n) is 2.77. The summed E-state index contributed by atoms with van der Waals surface area (Å²) in [5, 5.41) is 0.774. The molecule has 3 nitrogen and oxygen atoms in total. The average Bonchev–Trinajstić information content (AvgIpc) is 2.71. The van der Waals surface area contributed by atoms with Crippen molar-refractivity contribution in [2.75, 3.05) is 0 Å². The van der Waals surface area contributed by atoms with Crippen LogP contribution in [0.5, 0.6) is 0 Å². The molecule has 5 heteroatoms. The number of carbonyl (C=O) groups is 1. The Hall–Kier alpha value is -1.07. The lowest BCUT2D eigenvalue weighted by Gasteiger charge is -2.03. The average molecular weight is 283 g/mol. The second kappa shape index (κ2) is 4.63. The minimum absolute atomic E-state index is 0.652. The van der Waals surface area contributed by atoms with E-state index in [0.717, 1.165) is 20.8 Å². The lowest BCUT2D eigenvalue weighted by Crippen LogP contribution is -1.87. The third kappa shape index (κ3) is 2.30. The summed E-state index contributed by atoms with van der Waals surface area (Å²) in [7, 11) is 0. The van der Waals surface area contributed by atoms with Crippen molar-refractivity contribution in [2.45, 2.75) is 10.1 Å². The maximum Gasteiger partial charge on any atom is 0.170 e. The molecule has 1 N–H and O–H groups in total. The highest BCUT2D eigenvalue weighted by Crippen LogP contribution is 2.30. The number of rotatable bonds is 3. The van der Waals surface area contributed by atoms with Gasteiger partial charge in [0.05, 0.1) is 0 Å². The van der Waals surface area contributed by atoms with Crippen molar-refractivity contribution in [3.8, 4) is 0 Å². The Kier molecular flexibility index (Phi) is 3.23. The minimum atomic E-state index is 0.652. The fraction of sp³-hybridized carbons (Fsp3) is 0. The van der Waals surface area contributed by atoms with Crippen LogP contribution in [0, 0.1) is 0 Å². The van der Waals surface area contributed by atoms with Crippen LogP contribution < -0.4 is 0 Å². The summed E-state index contributed by atoms with van der Waals surface area (Å²) in [6.07, 6.45) is 4.27. The van der Waals surface area contributed by atoms with Gasteiger partial charge in [0.2, 0.25) is 0 Å². The Labute approximate surface area is 99.4 Å². The van der Waals surface area contributed by atoms with Crippen molar-refractivity contribution in [3.05, 3.63) is 40.6 Å². The molecule has 1 heterocycles. The van der Waals surface area contributed by atoms with Gasteiger partial charge in [-0.05, 0) is 12.1 Å². The van der Waals surface area contributed by atoms with Crippen LogP contribution in [0.25, 0.3) is 0 Å². The van der Waals surface area contributed by atoms with Gasteiger partial charge in [0.25, 0.3) is 0 Å². The van der Waals surface area contributed by atoms with Crippen LogP contribution in [0.2, 0.25) is 0 Å². The van der Waals surface area contributed by atoms with E-state index in [1.54, 1.807) is 12.4 Å². The zero-order chi connectivity index (χ0) is 10.7. The molecule has 0 bridgehead atoms. The number of imidazole rings is 1. The predicted octanol–water partition coefficient (Wildman–Crippen LogP) is 3.14. The molecule has 0 fully saturated rings. The Morgan fingerprint density at radius 2 is 2.33 bits per heavy atom. The first kappa shape index (κ1) is 10.4. The third-order valence-electron chi connectivity index (χ3n) is 1.81. The van der Waals surface area contributed by atoms with Gasteiger partial charge in [0, 0.05) is 27.3 Å². The van der Waals surface area contributed by atoms with Crippen LogP contribution in [-0.2, 0) is 0 Å². The molecule has 0 radical (unpaired) electrons. The first-order valence-electron chi connectivity index (χ1n) is 4.22. The molecule has 0 saturated carbocycles. The van der Waals surface area contributed by atoms with Crippen molar-refractivity contribution in [3.63, 3.8) is 0 Å². The predicted molar refractivity (Wildman–Crippen MR) is 62.2 cm³/mol. The summed E-state index contributed by atoms with van der Waals surface area (Å²) in [6.45, 7) is 0. The smallest absolute Gasteiger partial charge is 0.170 e. The summed E-state index contributed by atoms with van der Waals surface area (Å²) in [5.41, 5.74) is 0.652. The standard InChI is InChI=1S/C10H7BrN2OS/c11-8-2-1-3-9(7(8)6-14)15-10-12-4-5-13-10/h1-6H,(H,12,13). The number of carbonyl (C=O) groups excluding carboxylic acids is 1. The molecule has 1 aromatic carbocycles. The normalized spacial score (nSPS) is 10.2. The molecule has 2 aromatic rings. The van der Waals surface area contributed by atoms with Gasteiger partial charge in [-0.25, -0.2) is 4.98 Å². The summed E-state index contributed by atoms with van der Waals surface area (Å²) in [4.78, 5) is 18.9. The fourth-order valence-corrected chi connectivity index (χ4v) is 2.59. The van der Waals surface area contributed by atoms with Crippen LogP contribution in [0.4, 0.5) is 0 Å². The van der Waals surface area contributed by atoms with Gasteiger partial charge in [0.15, 0.2) is 11.4 Å². The molecular weight excluding hydrogens is 276 g/mol. The van der Waals surface area contributed by atoms with E-state index in [4.69, 9.17) is 0 Å². The third-order valence-corrected chi connectivity index (χ3v) is 3.49. The molecule has 1 aromatic heterocycles. The lowest BCUT2D eigenvalue weighted by molar-refractivity contribution is 0.112. The molecule has 0 aliphatic heterocycles. The lowest BCUT2D eigenvalue weighted by atomic mass is 10.2. The summed E-state index contributed by atoms with van der Waals surface area (Å²) in [6, 6.07) is 5.62. The van der Waals surface area contributed by atoms with Crippen LogP contribution in [0.3, 0.4) is 0 Å². The van der Waals surface area contributed by atoms with Crippen molar-refractivity contribution in [1.82, 2.24) is 9.97 Å². The van der Waals surface area contributed by atoms with Crippen molar-refractivity contribution >= 4 is 34.0 Å². The van der Waals surface area contributed by atoms with Gasteiger partial charge >= 0.3 is 0 Å². The summed E-state index contributed by atoms with van der Waals surface area (Å²) < 4.78 is 0.800. The number of aldehydes is 1. The maximum atomic E-state index is 10.9. The van der Waals surface area contributed by atoms with Gasteiger partial charge in [-0.3, -0.25) is 4.79 Å². The van der Waals surface area contributed by atoms with Gasteiger partial charge in [-0.2, -0.15) is 0 Å². The SMILES string of the molecule is O=Cc1c(Br)cccc1Sc1ncc[nH]1. The molecule has 0 aliphatic rings. The fourth-order valence-electron chi connectivity index (χ4n) is 1.13. The van der Waals surface area contributed by atoms with E-state index in [2.05, 4.69) is 25.9 Å². The molecule has 2 rings (SSSR count). The number of nitrogens with zero attached hydrogens (tertiary/aromatic N) is 1. The molecule has 0 unspecified atom stereocenters. The number of hydrogen-bond donors (Lipinski definition) is 1. The number of benzene rings is 1. The molecule has 76 valence electrons. The Bertz CT molecular complexity index is 470. The Morgan fingerprint density at radius 3 is 3.00 bits per heavy atom. The number of halogens is 1. The quantitative estimate of drug-likeness (QED) is 0.880. The molecular formula is C10H7BrN2OS. The van der Waals surface area contributed by atoms with E-state index in [9.17, 15) is 4.79 Å². The van der Waals surface area contributed by atoms with E-state index in [1.807, 2.05) is 18.2 Å². The molecule has 0 amide bonds. The molecule has 0 aliphatic carbocycles. The zero-order valence-electron chi connectivity index (χ0n) is 7.61. The highest BCUT2D eigenvalue weighted by molar-refractivity contribution is 9.10. The molecule has 15 heavy (non-hydrogen) atoms. The summed E-state index contributed by atoms with van der Waals surface area (Å²) >= 11 is 4.77. The van der Waals surface area contributed by atoms with Crippen LogP contribution in [0.1, 0.15) is 10.4 Å². The van der Waals surface area contributed by atoms with Crippen molar-refractivity contribution in [1.29, 1.82) is 0 Å². The monoisotopic (exact) mass is 282 g/mol. The second-order valence-corrected chi connectivity index (χ2v) is 4.65. The number of aromatic amines is 1. The van der Waals surface area contributed by atoms with E-state index < -0.39 is 0 Å². The Balaban J connectivity index is 2.36. The van der Waals surface area contributed by atoms with Crippen molar-refractivity contribution < 1.29 is 4.79 Å². The number of H-pyrrole nitrogens is 1.